The second-order valence-corrected chi connectivity index (χ2v) is 8.58. The van der Waals surface area contributed by atoms with E-state index in [0.717, 1.165) is 32.9 Å². The van der Waals surface area contributed by atoms with Crippen LogP contribution in [0.15, 0.2) is 66.2 Å². The van der Waals surface area contributed by atoms with E-state index in [0.29, 0.717) is 23.0 Å². The number of rotatable bonds is 5. The van der Waals surface area contributed by atoms with Crippen LogP contribution in [0.5, 0.6) is 0 Å². The number of pyridine rings is 1. The highest BCUT2D eigenvalue weighted by Crippen LogP contribution is 2.32. The smallest absolute Gasteiger partial charge is 0.163 e. The Bertz CT molecular complexity index is 1370. The van der Waals surface area contributed by atoms with E-state index in [-0.39, 0.29) is 5.02 Å². The molecule has 4 rings (SSSR count). The van der Waals surface area contributed by atoms with E-state index in [4.69, 9.17) is 27.0 Å². The number of nitrogens with zero attached hydrogens (tertiary/aromatic N) is 3. The molecule has 1 atom stereocenters. The van der Waals surface area contributed by atoms with E-state index in [1.807, 2.05) is 37.3 Å². The quantitative estimate of drug-likeness (QED) is 0.250. The van der Waals surface area contributed by atoms with Crippen molar-refractivity contribution in [2.24, 2.45) is 0 Å². The van der Waals surface area contributed by atoms with Gasteiger partial charge in [0, 0.05) is 40.3 Å². The fourth-order valence-electron chi connectivity index (χ4n) is 3.45. The summed E-state index contributed by atoms with van der Waals surface area (Å²) < 4.78 is 13.6. The summed E-state index contributed by atoms with van der Waals surface area (Å²) in [5, 5.41) is 13.2. The number of aromatic nitrogens is 3. The van der Waals surface area contributed by atoms with Crippen LogP contribution in [0.2, 0.25) is 5.02 Å². The number of hydrogen-bond acceptors (Lipinski definition) is 5. The normalized spacial score (nSPS) is 11.9. The number of nitrogens with one attached hydrogen (secondary N) is 2. The highest BCUT2D eigenvalue weighted by atomic mass is 35.5. The third-order valence-corrected chi connectivity index (χ3v) is 5.43. The summed E-state index contributed by atoms with van der Waals surface area (Å²) in [5.41, 5.74) is 4.28. The maximum absolute atomic E-state index is 13.6. The molecule has 0 saturated heterocycles. The summed E-state index contributed by atoms with van der Waals surface area (Å²) in [6, 6.07) is 13.9. The lowest BCUT2D eigenvalue weighted by molar-refractivity contribution is 0.628. The summed E-state index contributed by atoms with van der Waals surface area (Å²) in [7, 11) is 2.66. The zero-order valence-electron chi connectivity index (χ0n) is 17.4. The van der Waals surface area contributed by atoms with Crippen LogP contribution in [0.3, 0.4) is 0 Å². The molecule has 32 heavy (non-hydrogen) atoms. The van der Waals surface area contributed by atoms with Gasteiger partial charge in [-0.05, 0) is 67.2 Å². The van der Waals surface area contributed by atoms with E-state index in [2.05, 4.69) is 19.5 Å². The van der Waals surface area contributed by atoms with Gasteiger partial charge in [0.1, 0.15) is 11.6 Å². The molecule has 0 spiro atoms. The van der Waals surface area contributed by atoms with Crippen molar-refractivity contribution in [1.82, 2.24) is 15.0 Å². The van der Waals surface area contributed by atoms with Gasteiger partial charge in [0.15, 0.2) is 5.82 Å². The Hall–Kier alpha value is -3.21. The highest BCUT2D eigenvalue weighted by Gasteiger charge is 2.14. The van der Waals surface area contributed by atoms with E-state index in [1.54, 1.807) is 25.4 Å². The Labute approximate surface area is 192 Å². The second kappa shape index (κ2) is 9.11. The first-order valence-electron chi connectivity index (χ1n) is 9.80. The summed E-state index contributed by atoms with van der Waals surface area (Å²) in [4.78, 5) is 13.6. The van der Waals surface area contributed by atoms with Crippen LogP contribution in [-0.2, 0) is 0 Å². The Morgan fingerprint density at radius 1 is 1.09 bits per heavy atom. The first kappa shape index (κ1) is 22.0. The minimum atomic E-state index is -0.491. The number of benzene rings is 2. The van der Waals surface area contributed by atoms with Gasteiger partial charge in [0.25, 0.3) is 0 Å². The number of hydrogen-bond donors (Lipinski definition) is 2. The van der Waals surface area contributed by atoms with Crippen molar-refractivity contribution in [3.8, 4) is 11.4 Å². The van der Waals surface area contributed by atoms with Crippen LogP contribution in [0.25, 0.3) is 27.9 Å². The van der Waals surface area contributed by atoms with E-state index < -0.39 is 5.82 Å². The molecular weight excluding hydrogens is 444 g/mol. The maximum atomic E-state index is 13.6. The molecule has 0 aliphatic rings. The predicted octanol–water partition coefficient (Wildman–Crippen LogP) is 6.87. The molecular formula is C24H20ClFN5P. The molecule has 0 aliphatic carbocycles. The first-order chi connectivity index (χ1) is 15.3. The minimum Gasteiger partial charge on any atom is -0.340 e. The van der Waals surface area contributed by atoms with Gasteiger partial charge in [0.2, 0.25) is 0 Å². The average Bonchev–Trinajstić information content (AvgIpc) is 2.76. The standard InChI is InChI=1S/C24H20ClFN5P/c1-13(27)22(14(2)32)15-5-8-21-18(10-15)24(29-17-6-7-20(26)19(25)11-17)31-23(30-21)16-4-3-9-28-12-16/h3-12,27H,32H2,1-2H3,(H,29,30,31)/b22-14+,27-13?. The van der Waals surface area contributed by atoms with Gasteiger partial charge >= 0.3 is 0 Å². The van der Waals surface area contributed by atoms with Crippen molar-refractivity contribution in [2.45, 2.75) is 13.8 Å². The fraction of sp³-hybridized carbons (Fsp3) is 0.0833. The average molecular weight is 464 g/mol. The van der Waals surface area contributed by atoms with Gasteiger partial charge in [-0.1, -0.05) is 17.7 Å². The van der Waals surface area contributed by atoms with Gasteiger partial charge < -0.3 is 10.7 Å². The van der Waals surface area contributed by atoms with Gasteiger partial charge in [-0.15, -0.1) is 9.24 Å². The first-order valence-corrected chi connectivity index (χ1v) is 10.8. The van der Waals surface area contributed by atoms with Gasteiger partial charge in [-0.3, -0.25) is 4.98 Å². The monoisotopic (exact) mass is 463 g/mol. The third-order valence-electron chi connectivity index (χ3n) is 4.86. The zero-order valence-corrected chi connectivity index (χ0v) is 19.4. The summed E-state index contributed by atoms with van der Waals surface area (Å²) in [6.07, 6.45) is 3.39. The predicted molar refractivity (Wildman–Crippen MR) is 133 cm³/mol. The Morgan fingerprint density at radius 3 is 2.56 bits per heavy atom. The van der Waals surface area contributed by atoms with Crippen LogP contribution < -0.4 is 5.32 Å². The Balaban J connectivity index is 1.93. The summed E-state index contributed by atoms with van der Waals surface area (Å²) >= 11 is 5.97. The van der Waals surface area contributed by atoms with E-state index >= 15 is 0 Å². The van der Waals surface area contributed by atoms with Crippen LogP contribution >= 0.6 is 20.8 Å². The fourth-order valence-corrected chi connectivity index (χ4v) is 4.02. The minimum absolute atomic E-state index is 0.0183. The topological polar surface area (TPSA) is 74.5 Å². The molecule has 0 radical (unpaired) electrons. The molecule has 4 aromatic rings. The molecule has 2 heterocycles. The van der Waals surface area contributed by atoms with Crippen molar-refractivity contribution in [3.63, 3.8) is 0 Å². The zero-order chi connectivity index (χ0) is 22.8. The molecule has 0 bridgehead atoms. The molecule has 0 fully saturated rings. The van der Waals surface area contributed by atoms with Crippen LogP contribution in [0.1, 0.15) is 19.4 Å². The molecule has 0 amide bonds. The van der Waals surface area contributed by atoms with Crippen LogP contribution in [-0.4, -0.2) is 20.7 Å². The number of fused-ring (bicyclic) bond motifs is 1. The van der Waals surface area contributed by atoms with Crippen molar-refractivity contribution in [2.75, 3.05) is 5.32 Å². The van der Waals surface area contributed by atoms with E-state index in [9.17, 15) is 4.39 Å². The Morgan fingerprint density at radius 2 is 1.91 bits per heavy atom. The number of halogens is 2. The van der Waals surface area contributed by atoms with Crippen molar-refractivity contribution < 1.29 is 4.39 Å². The molecule has 1 unspecified atom stereocenters. The molecule has 5 nitrogen and oxygen atoms in total. The van der Waals surface area contributed by atoms with E-state index in [1.165, 1.54) is 12.1 Å². The van der Waals surface area contributed by atoms with Crippen molar-refractivity contribution in [1.29, 1.82) is 5.41 Å². The summed E-state index contributed by atoms with van der Waals surface area (Å²) in [6.45, 7) is 3.71. The number of anilines is 2. The largest absolute Gasteiger partial charge is 0.340 e. The molecule has 0 aliphatic heterocycles. The van der Waals surface area contributed by atoms with Crippen LogP contribution in [0, 0.1) is 11.2 Å². The van der Waals surface area contributed by atoms with Crippen molar-refractivity contribution >= 4 is 54.5 Å². The van der Waals surface area contributed by atoms with Gasteiger partial charge in [-0.25, -0.2) is 14.4 Å². The SMILES string of the molecule is CC(=N)/C(=C(/C)P)c1ccc2nc(-c3cccnc3)nc(Nc3ccc(F)c(Cl)c3)c2c1. The van der Waals surface area contributed by atoms with Gasteiger partial charge in [-0.2, -0.15) is 0 Å². The molecule has 0 saturated carbocycles. The summed E-state index contributed by atoms with van der Waals surface area (Å²) in [5.74, 6) is 0.562. The molecule has 8 heteroatoms. The molecule has 2 aromatic carbocycles. The van der Waals surface area contributed by atoms with Crippen molar-refractivity contribution in [3.05, 3.63) is 82.6 Å². The lowest BCUT2D eigenvalue weighted by atomic mass is 9.99. The third kappa shape index (κ3) is 4.52. The molecule has 2 aromatic heterocycles. The maximum Gasteiger partial charge on any atom is 0.163 e. The van der Waals surface area contributed by atoms with Gasteiger partial charge in [0.05, 0.1) is 10.5 Å². The molecule has 2 N–H and O–H groups in total. The number of allylic oxidation sites excluding steroid dienone is 2. The highest BCUT2D eigenvalue weighted by molar-refractivity contribution is 7.23. The lowest BCUT2D eigenvalue weighted by Gasteiger charge is -2.14. The van der Waals surface area contributed by atoms with Crippen LogP contribution in [0.4, 0.5) is 15.9 Å². The molecule has 160 valence electrons. The second-order valence-electron chi connectivity index (χ2n) is 7.31. The Kier molecular flexibility index (Phi) is 6.26. The lowest BCUT2D eigenvalue weighted by Crippen LogP contribution is -2.02.